The number of nitrogens with one attached hydrogen (secondary N) is 1. The molecule has 0 saturated heterocycles. The molecule has 4 aromatic rings. The molecule has 14 heteroatoms. The summed E-state index contributed by atoms with van der Waals surface area (Å²) in [5.41, 5.74) is 1.87. The highest BCUT2D eigenvalue weighted by atomic mass is 19.4. The van der Waals surface area contributed by atoms with Gasteiger partial charge in [-0.1, -0.05) is 0 Å². The van der Waals surface area contributed by atoms with Gasteiger partial charge in [0.25, 0.3) is 0 Å². The average molecular weight is 494 g/mol. The topological polar surface area (TPSA) is 161 Å². The van der Waals surface area contributed by atoms with E-state index in [1.807, 2.05) is 13.0 Å². The number of H-pyrrole nitrogens is 1. The Balaban J connectivity index is 0.000000429. The lowest BCUT2D eigenvalue weighted by atomic mass is 10.00. The summed E-state index contributed by atoms with van der Waals surface area (Å²) in [4.78, 5) is 24.1. The minimum atomic E-state index is -5.08. The number of phenolic OH excluding ortho intramolecular Hbond substituents is 1. The largest absolute Gasteiger partial charge is 0.502 e. The van der Waals surface area contributed by atoms with Crippen LogP contribution in [0.4, 0.5) is 18.9 Å². The first kappa shape index (κ1) is 25.0. The molecular weight excluding hydrogens is 477 g/mol. The van der Waals surface area contributed by atoms with E-state index >= 15 is 0 Å². The summed E-state index contributed by atoms with van der Waals surface area (Å²) in [6, 6.07) is 7.76. The van der Waals surface area contributed by atoms with Crippen LogP contribution < -0.4 is 9.47 Å². The molecule has 2 aromatic carbocycles. The van der Waals surface area contributed by atoms with E-state index in [4.69, 9.17) is 19.4 Å². The third-order valence-electron chi connectivity index (χ3n) is 4.88. The molecule has 0 atom stereocenters. The SMILES string of the molecule is COc1cc2c(-c3ccc(O)c([N+](=O)[O-])c3)nc3n[nH]c(C)c3c2cc1OC.O=C(O)C(F)(F)F. The zero-order valence-corrected chi connectivity index (χ0v) is 18.3. The number of fused-ring (bicyclic) bond motifs is 3. The number of aromatic amines is 1. The van der Waals surface area contributed by atoms with Crippen molar-refractivity contribution < 1.29 is 42.6 Å². The number of alkyl halides is 3. The standard InChI is InChI=1S/C19H16N4O5.C2HF3O2/c1-9-17-11-7-15(27-2)16(28-3)8-12(11)18(20-19(17)22-21-9)10-4-5-14(24)13(6-10)23(25)26;3-2(4,5)1(6)7/h4-8,24H,1-3H3,(H,20,21,22);(H,6,7). The van der Waals surface area contributed by atoms with Gasteiger partial charge in [-0.3, -0.25) is 15.2 Å². The molecule has 0 spiro atoms. The smallest absolute Gasteiger partial charge is 0.490 e. The van der Waals surface area contributed by atoms with Crippen molar-refractivity contribution >= 4 is 33.5 Å². The molecule has 0 amide bonds. The maximum atomic E-state index is 11.2. The van der Waals surface area contributed by atoms with Crippen molar-refractivity contribution in [3.8, 4) is 28.5 Å². The molecule has 0 fully saturated rings. The van der Waals surface area contributed by atoms with Crippen LogP contribution in [-0.2, 0) is 4.79 Å². The summed E-state index contributed by atoms with van der Waals surface area (Å²) in [7, 11) is 3.08. The van der Waals surface area contributed by atoms with E-state index in [9.17, 15) is 28.4 Å². The van der Waals surface area contributed by atoms with E-state index in [2.05, 4.69) is 15.2 Å². The number of aromatic nitrogens is 3. The monoisotopic (exact) mass is 494 g/mol. The van der Waals surface area contributed by atoms with Crippen LogP contribution in [0.3, 0.4) is 0 Å². The minimum Gasteiger partial charge on any atom is -0.502 e. The number of hydrogen-bond donors (Lipinski definition) is 3. The molecule has 2 aromatic heterocycles. The van der Waals surface area contributed by atoms with Crippen molar-refractivity contribution in [1.82, 2.24) is 15.2 Å². The number of halogens is 3. The average Bonchev–Trinajstić information content (AvgIpc) is 3.18. The molecule has 11 nitrogen and oxygen atoms in total. The molecule has 4 rings (SSSR count). The third-order valence-corrected chi connectivity index (χ3v) is 4.88. The second-order valence-electron chi connectivity index (χ2n) is 7.02. The maximum Gasteiger partial charge on any atom is 0.490 e. The Morgan fingerprint density at radius 1 is 1.11 bits per heavy atom. The van der Waals surface area contributed by atoms with Crippen LogP contribution in [0.25, 0.3) is 33.1 Å². The van der Waals surface area contributed by atoms with Crippen molar-refractivity contribution in [3.63, 3.8) is 0 Å². The zero-order valence-electron chi connectivity index (χ0n) is 18.3. The maximum absolute atomic E-state index is 11.2. The molecule has 184 valence electrons. The van der Waals surface area contributed by atoms with Crippen LogP contribution in [0.15, 0.2) is 30.3 Å². The van der Waals surface area contributed by atoms with Crippen LogP contribution in [0, 0.1) is 17.0 Å². The van der Waals surface area contributed by atoms with E-state index in [0.29, 0.717) is 28.4 Å². The quantitative estimate of drug-likeness (QED) is 0.277. The normalized spacial score (nSPS) is 11.1. The number of nitrogens with zero attached hydrogens (tertiary/aromatic N) is 3. The predicted molar refractivity (Wildman–Crippen MR) is 117 cm³/mol. The minimum absolute atomic E-state index is 0.397. The molecule has 0 radical (unpaired) electrons. The molecular formula is C21H17F3N4O7. The molecule has 0 aliphatic heterocycles. The van der Waals surface area contributed by atoms with Gasteiger partial charge in [0.05, 0.1) is 24.8 Å². The number of pyridine rings is 1. The lowest BCUT2D eigenvalue weighted by Gasteiger charge is -2.13. The number of benzene rings is 2. The Hall–Kier alpha value is -4.62. The van der Waals surface area contributed by atoms with Crippen LogP contribution in [0.1, 0.15) is 5.69 Å². The second-order valence-corrected chi connectivity index (χ2v) is 7.02. The van der Waals surface area contributed by atoms with Crippen molar-refractivity contribution in [2.24, 2.45) is 0 Å². The Morgan fingerprint density at radius 2 is 1.69 bits per heavy atom. The van der Waals surface area contributed by atoms with Gasteiger partial charge in [-0.05, 0) is 31.2 Å². The van der Waals surface area contributed by atoms with Crippen LogP contribution in [0.5, 0.6) is 17.2 Å². The summed E-state index contributed by atoms with van der Waals surface area (Å²) in [6.07, 6.45) is -5.08. The van der Waals surface area contributed by atoms with Crippen molar-refractivity contribution in [3.05, 3.63) is 46.1 Å². The molecule has 0 aliphatic carbocycles. The first-order chi connectivity index (χ1) is 16.4. The van der Waals surface area contributed by atoms with Gasteiger partial charge in [0.2, 0.25) is 0 Å². The van der Waals surface area contributed by atoms with E-state index < -0.39 is 28.5 Å². The number of nitro groups is 1. The fourth-order valence-corrected chi connectivity index (χ4v) is 3.30. The Morgan fingerprint density at radius 3 is 2.20 bits per heavy atom. The third kappa shape index (κ3) is 4.85. The molecule has 0 saturated carbocycles. The van der Waals surface area contributed by atoms with Crippen molar-refractivity contribution in [2.75, 3.05) is 14.2 Å². The van der Waals surface area contributed by atoms with Gasteiger partial charge in [0.15, 0.2) is 22.9 Å². The first-order valence-electron chi connectivity index (χ1n) is 9.57. The highest BCUT2D eigenvalue weighted by Gasteiger charge is 2.38. The summed E-state index contributed by atoms with van der Waals surface area (Å²) >= 11 is 0. The lowest BCUT2D eigenvalue weighted by Crippen LogP contribution is -2.21. The highest BCUT2D eigenvalue weighted by molar-refractivity contribution is 6.12. The number of methoxy groups -OCH3 is 2. The number of phenols is 1. The number of carboxylic acid groups (broad SMARTS) is 1. The number of ether oxygens (including phenoxy) is 2. The van der Waals surface area contributed by atoms with Crippen LogP contribution in [0.2, 0.25) is 0 Å². The van der Waals surface area contributed by atoms with Crippen molar-refractivity contribution in [2.45, 2.75) is 13.1 Å². The highest BCUT2D eigenvalue weighted by Crippen LogP contribution is 2.41. The van der Waals surface area contributed by atoms with Gasteiger partial charge in [0, 0.05) is 33.5 Å². The van der Waals surface area contributed by atoms with E-state index in [-0.39, 0.29) is 0 Å². The predicted octanol–water partition coefficient (Wildman–Crippen LogP) is 4.35. The van der Waals surface area contributed by atoms with Crippen LogP contribution in [-0.4, -0.2) is 56.7 Å². The van der Waals surface area contributed by atoms with Gasteiger partial charge in [-0.15, -0.1) is 0 Å². The molecule has 0 unspecified atom stereocenters. The number of rotatable bonds is 4. The van der Waals surface area contributed by atoms with Gasteiger partial charge in [0.1, 0.15) is 0 Å². The van der Waals surface area contributed by atoms with Gasteiger partial charge < -0.3 is 19.7 Å². The van der Waals surface area contributed by atoms with E-state index in [1.165, 1.54) is 19.2 Å². The summed E-state index contributed by atoms with van der Waals surface area (Å²) in [5.74, 6) is -2.11. The zero-order chi connectivity index (χ0) is 26.1. The molecule has 0 aliphatic rings. The number of carbonyl (C=O) groups is 1. The fourth-order valence-electron chi connectivity index (χ4n) is 3.30. The van der Waals surface area contributed by atoms with E-state index in [1.54, 1.807) is 19.2 Å². The Kier molecular flexibility index (Phi) is 6.66. The Bertz CT molecular complexity index is 1450. The number of hydrogen-bond acceptors (Lipinski definition) is 8. The van der Waals surface area contributed by atoms with Gasteiger partial charge in [-0.2, -0.15) is 18.3 Å². The van der Waals surface area contributed by atoms with Crippen LogP contribution >= 0.6 is 0 Å². The number of aliphatic carboxylic acids is 1. The summed E-state index contributed by atoms with van der Waals surface area (Å²) in [5, 5.41) is 37.7. The second kappa shape index (κ2) is 9.32. The molecule has 3 N–H and O–H groups in total. The fraction of sp³-hybridized carbons (Fsp3) is 0.190. The number of aromatic hydroxyl groups is 1. The Labute approximate surface area is 193 Å². The molecule has 0 bridgehead atoms. The van der Waals surface area contributed by atoms with Gasteiger partial charge >= 0.3 is 17.8 Å². The van der Waals surface area contributed by atoms with Gasteiger partial charge in [-0.25, -0.2) is 9.78 Å². The number of carboxylic acids is 1. The van der Waals surface area contributed by atoms with Crippen molar-refractivity contribution in [1.29, 1.82) is 0 Å². The summed E-state index contributed by atoms with van der Waals surface area (Å²) < 4.78 is 42.6. The number of aryl methyl sites for hydroxylation is 1. The summed E-state index contributed by atoms with van der Waals surface area (Å²) in [6.45, 7) is 1.89. The number of nitro benzene ring substituents is 1. The first-order valence-corrected chi connectivity index (χ1v) is 9.57. The van der Waals surface area contributed by atoms with E-state index in [0.717, 1.165) is 21.9 Å². The molecule has 35 heavy (non-hydrogen) atoms. The molecule has 2 heterocycles. The lowest BCUT2D eigenvalue weighted by molar-refractivity contribution is -0.385.